The molecule has 2 amide bonds. The fourth-order valence-electron chi connectivity index (χ4n) is 6.20. The molecule has 2 aliphatic rings. The number of nitrogens with zero attached hydrogens (tertiary/aromatic N) is 5. The van der Waals surface area contributed by atoms with Gasteiger partial charge >= 0.3 is 0 Å². The number of pyridine rings is 1. The number of hydrogen-bond donors (Lipinski definition) is 1. The smallest absolute Gasteiger partial charge is 0.261 e. The van der Waals surface area contributed by atoms with Crippen LogP contribution in [-0.2, 0) is 27.4 Å². The molecule has 1 atom stereocenters. The number of fused-ring (bicyclic) bond motifs is 2. The van der Waals surface area contributed by atoms with Crippen molar-refractivity contribution in [2.75, 3.05) is 57.2 Å². The van der Waals surface area contributed by atoms with Crippen LogP contribution in [0.4, 0.5) is 11.4 Å². The highest BCUT2D eigenvalue weighted by atomic mass is 16.5. The Hall–Kier alpha value is -3.93. The van der Waals surface area contributed by atoms with E-state index in [4.69, 9.17) is 9.15 Å². The van der Waals surface area contributed by atoms with Crippen molar-refractivity contribution < 1.29 is 18.7 Å². The van der Waals surface area contributed by atoms with E-state index in [0.29, 0.717) is 61.7 Å². The topological polar surface area (TPSA) is 104 Å². The standard InChI is InChI=1S/C32H42N6O5/c1-8-38-25-10-9-23(18-26(25)35(6)29(40)31(3,4)30(38)41)19-36(20-32(21-42-7)12-14-34(5)33-32)15-16-37-13-11-27-24(28(37)39)17-22(2)43-27/h9-14,17-18,33H,8,15-16,19-21H2,1-7H3. The molecular formula is C32H42N6O5. The summed E-state index contributed by atoms with van der Waals surface area (Å²) in [6.07, 6.45) is 5.86. The molecule has 0 saturated heterocycles. The number of rotatable bonds is 10. The maximum atomic E-state index is 13.4. The van der Waals surface area contributed by atoms with E-state index < -0.39 is 11.0 Å². The first-order valence-corrected chi connectivity index (χ1v) is 14.6. The first kappa shape index (κ1) is 30.5. The largest absolute Gasteiger partial charge is 0.461 e. The first-order valence-electron chi connectivity index (χ1n) is 14.6. The quantitative estimate of drug-likeness (QED) is 0.360. The lowest BCUT2D eigenvalue weighted by Gasteiger charge is -2.35. The summed E-state index contributed by atoms with van der Waals surface area (Å²) >= 11 is 0. The van der Waals surface area contributed by atoms with E-state index in [9.17, 15) is 14.4 Å². The fourth-order valence-corrected chi connectivity index (χ4v) is 6.20. The Bertz CT molecular complexity index is 1620. The Morgan fingerprint density at radius 2 is 1.81 bits per heavy atom. The van der Waals surface area contributed by atoms with Gasteiger partial charge in [0.2, 0.25) is 11.8 Å². The number of aryl methyl sites for hydroxylation is 1. The average molecular weight is 591 g/mol. The third-order valence-electron chi connectivity index (χ3n) is 8.40. The van der Waals surface area contributed by atoms with E-state index in [1.807, 2.05) is 56.4 Å². The van der Waals surface area contributed by atoms with Crippen LogP contribution in [0.3, 0.4) is 0 Å². The van der Waals surface area contributed by atoms with Gasteiger partial charge in [-0.05, 0) is 63.6 Å². The summed E-state index contributed by atoms with van der Waals surface area (Å²) in [5.41, 5.74) is 4.77. The van der Waals surface area contributed by atoms with Gasteiger partial charge in [-0.15, -0.1) is 0 Å². The van der Waals surface area contributed by atoms with Crippen LogP contribution in [-0.4, -0.2) is 79.3 Å². The van der Waals surface area contributed by atoms with Gasteiger partial charge in [0.05, 0.1) is 28.9 Å². The predicted octanol–water partition coefficient (Wildman–Crippen LogP) is 3.11. The first-order chi connectivity index (χ1) is 20.4. The number of hydrazine groups is 1. The highest BCUT2D eigenvalue weighted by molar-refractivity contribution is 6.19. The number of hydrogen-bond acceptors (Lipinski definition) is 8. The molecule has 0 radical (unpaired) electrons. The second kappa shape index (κ2) is 11.6. The second-order valence-corrected chi connectivity index (χ2v) is 12.1. The van der Waals surface area contributed by atoms with Gasteiger partial charge < -0.3 is 28.5 Å². The third-order valence-corrected chi connectivity index (χ3v) is 8.40. The molecule has 43 heavy (non-hydrogen) atoms. The van der Waals surface area contributed by atoms with Crippen molar-refractivity contribution in [1.82, 2.24) is 19.9 Å². The molecule has 5 rings (SSSR count). The Morgan fingerprint density at radius 3 is 2.49 bits per heavy atom. The molecule has 1 aromatic carbocycles. The summed E-state index contributed by atoms with van der Waals surface area (Å²) in [4.78, 5) is 45.5. The van der Waals surface area contributed by atoms with Crippen LogP contribution in [0.15, 0.2) is 58.0 Å². The molecule has 4 heterocycles. The van der Waals surface area contributed by atoms with Gasteiger partial charge in [0.15, 0.2) is 0 Å². The number of nitrogens with one attached hydrogen (secondary N) is 1. The van der Waals surface area contributed by atoms with Crippen molar-refractivity contribution in [2.45, 2.75) is 46.3 Å². The van der Waals surface area contributed by atoms with Gasteiger partial charge in [-0.2, -0.15) is 0 Å². The monoisotopic (exact) mass is 590 g/mol. The number of methoxy groups -OCH3 is 1. The van der Waals surface area contributed by atoms with E-state index >= 15 is 0 Å². The lowest BCUT2D eigenvalue weighted by atomic mass is 9.90. The van der Waals surface area contributed by atoms with Gasteiger partial charge in [0, 0.05) is 66.3 Å². The minimum atomic E-state index is -1.17. The maximum Gasteiger partial charge on any atom is 0.261 e. The molecule has 2 aromatic heterocycles. The van der Waals surface area contributed by atoms with Crippen LogP contribution in [0.5, 0.6) is 0 Å². The number of furan rings is 1. The minimum absolute atomic E-state index is 0.0865. The molecule has 0 spiro atoms. The van der Waals surface area contributed by atoms with E-state index in [0.717, 1.165) is 11.3 Å². The number of carbonyl (C=O) groups is 2. The lowest BCUT2D eigenvalue weighted by molar-refractivity contribution is -0.137. The molecule has 11 nitrogen and oxygen atoms in total. The van der Waals surface area contributed by atoms with Crippen molar-refractivity contribution in [1.29, 1.82) is 0 Å². The Labute approximate surface area is 252 Å². The summed E-state index contributed by atoms with van der Waals surface area (Å²) in [5.74, 6) is 0.254. The van der Waals surface area contributed by atoms with E-state index in [1.54, 1.807) is 54.6 Å². The number of benzene rings is 1. The molecule has 0 fully saturated rings. The summed E-state index contributed by atoms with van der Waals surface area (Å²) in [6.45, 7) is 10.2. The highest BCUT2D eigenvalue weighted by Gasteiger charge is 2.45. The molecule has 1 N–H and O–H groups in total. The summed E-state index contributed by atoms with van der Waals surface area (Å²) in [7, 11) is 5.36. The molecule has 11 heteroatoms. The number of amides is 2. The lowest BCUT2D eigenvalue weighted by Crippen LogP contribution is -2.56. The molecule has 0 saturated carbocycles. The molecule has 0 bridgehead atoms. The fraction of sp³-hybridized carbons (Fsp3) is 0.469. The summed E-state index contributed by atoms with van der Waals surface area (Å²) in [6, 6.07) is 9.55. The molecule has 1 unspecified atom stereocenters. The van der Waals surface area contributed by atoms with Crippen LogP contribution in [0.25, 0.3) is 11.0 Å². The highest BCUT2D eigenvalue weighted by Crippen LogP contribution is 2.39. The van der Waals surface area contributed by atoms with E-state index in [1.165, 1.54) is 0 Å². The number of anilines is 2. The normalized spacial score (nSPS) is 20.0. The summed E-state index contributed by atoms with van der Waals surface area (Å²) < 4.78 is 13.0. The van der Waals surface area contributed by atoms with Crippen molar-refractivity contribution in [3.05, 3.63) is 70.5 Å². The zero-order valence-corrected chi connectivity index (χ0v) is 26.1. The zero-order valence-electron chi connectivity index (χ0n) is 26.1. The maximum absolute atomic E-state index is 13.4. The second-order valence-electron chi connectivity index (χ2n) is 12.1. The van der Waals surface area contributed by atoms with Crippen molar-refractivity contribution >= 4 is 34.2 Å². The van der Waals surface area contributed by atoms with Crippen LogP contribution in [0.2, 0.25) is 0 Å². The van der Waals surface area contributed by atoms with Gasteiger partial charge in [0.1, 0.15) is 16.8 Å². The average Bonchev–Trinajstić information content (AvgIpc) is 3.53. The molecule has 3 aromatic rings. The zero-order chi connectivity index (χ0) is 31.1. The molecule has 230 valence electrons. The SMILES string of the molecule is CCN1C(=O)C(C)(C)C(=O)N(C)c2cc(CN(CCn3ccc4oc(C)cc4c3=O)CC3(COC)C=CN(C)N3)ccc21. The van der Waals surface area contributed by atoms with Crippen LogP contribution >= 0.6 is 0 Å². The van der Waals surface area contributed by atoms with Crippen LogP contribution < -0.4 is 20.8 Å². The van der Waals surface area contributed by atoms with Crippen LogP contribution in [0.1, 0.15) is 32.1 Å². The molecular weight excluding hydrogens is 548 g/mol. The molecule has 0 aliphatic carbocycles. The van der Waals surface area contributed by atoms with E-state index in [-0.39, 0.29) is 17.4 Å². The van der Waals surface area contributed by atoms with Gasteiger partial charge in [-0.1, -0.05) is 6.07 Å². The predicted molar refractivity (Wildman–Crippen MR) is 167 cm³/mol. The van der Waals surface area contributed by atoms with Gasteiger partial charge in [-0.25, -0.2) is 5.43 Å². The number of ether oxygens (including phenoxy) is 1. The Balaban J connectivity index is 1.47. The Kier molecular flexibility index (Phi) is 8.26. The summed E-state index contributed by atoms with van der Waals surface area (Å²) in [5, 5.41) is 2.48. The third kappa shape index (κ3) is 5.72. The number of aromatic nitrogens is 1. The van der Waals surface area contributed by atoms with Crippen molar-refractivity contribution in [2.24, 2.45) is 5.41 Å². The minimum Gasteiger partial charge on any atom is -0.461 e. The van der Waals surface area contributed by atoms with Crippen LogP contribution in [0, 0.1) is 12.3 Å². The van der Waals surface area contributed by atoms with Crippen molar-refractivity contribution in [3.8, 4) is 0 Å². The van der Waals surface area contributed by atoms with Gasteiger partial charge in [-0.3, -0.25) is 19.3 Å². The van der Waals surface area contributed by atoms with E-state index in [2.05, 4.69) is 16.4 Å². The van der Waals surface area contributed by atoms with Gasteiger partial charge in [0.25, 0.3) is 5.56 Å². The molecule has 2 aliphatic heterocycles. The number of carbonyl (C=O) groups excluding carboxylic acids is 2. The van der Waals surface area contributed by atoms with Crippen molar-refractivity contribution in [3.63, 3.8) is 0 Å². The Morgan fingerprint density at radius 1 is 1.05 bits per heavy atom.